The molecule has 0 N–H and O–H groups in total. The minimum atomic E-state index is -0.243. The first-order chi connectivity index (χ1) is 9.69. The summed E-state index contributed by atoms with van der Waals surface area (Å²) in [5.74, 6) is 0.550. The average Bonchev–Trinajstić information content (AvgIpc) is 2.48. The summed E-state index contributed by atoms with van der Waals surface area (Å²) in [6.45, 7) is 1.72. The van der Waals surface area contributed by atoms with Gasteiger partial charge in [0.1, 0.15) is 11.6 Å². The van der Waals surface area contributed by atoms with Crippen molar-refractivity contribution in [2.24, 2.45) is 10.2 Å². The Hall–Kier alpha value is -2.49. The number of methoxy groups -OCH3 is 1. The molecule has 0 unspecified atom stereocenters. The lowest BCUT2D eigenvalue weighted by molar-refractivity contribution is 0.415. The molecule has 0 bridgehead atoms. The molecular formula is C16H15FN2O. The molecular weight excluding hydrogens is 255 g/mol. The molecule has 0 fully saturated rings. The molecule has 0 saturated heterocycles. The lowest BCUT2D eigenvalue weighted by Crippen LogP contribution is -1.87. The molecule has 4 heteroatoms. The van der Waals surface area contributed by atoms with Gasteiger partial charge in [0, 0.05) is 0 Å². The summed E-state index contributed by atoms with van der Waals surface area (Å²) in [5.41, 5.74) is 2.21. The Balaban J connectivity index is 2.01. The molecule has 3 nitrogen and oxygen atoms in total. The minimum absolute atomic E-state index is 0.243. The third-order valence-electron chi connectivity index (χ3n) is 2.79. The number of benzene rings is 2. The molecule has 0 aliphatic carbocycles. The molecule has 2 aromatic rings. The largest absolute Gasteiger partial charge is 0.497 e. The molecule has 102 valence electrons. The van der Waals surface area contributed by atoms with Crippen LogP contribution in [0.4, 0.5) is 4.39 Å². The van der Waals surface area contributed by atoms with Gasteiger partial charge in [-0.15, -0.1) is 0 Å². The molecule has 0 aliphatic heterocycles. The predicted octanol–water partition coefficient (Wildman–Crippen LogP) is 3.60. The Labute approximate surface area is 117 Å². The van der Waals surface area contributed by atoms with Crippen LogP contribution in [0.1, 0.15) is 16.7 Å². The number of nitrogens with zero attached hydrogens (tertiary/aromatic N) is 2. The number of ether oxygens (including phenoxy) is 1. The van der Waals surface area contributed by atoms with E-state index in [1.54, 1.807) is 32.4 Å². The maximum absolute atomic E-state index is 13.3. The highest BCUT2D eigenvalue weighted by Gasteiger charge is 1.96. The normalized spacial score (nSPS) is 11.3. The van der Waals surface area contributed by atoms with E-state index in [1.165, 1.54) is 12.3 Å². The number of hydrogen-bond donors (Lipinski definition) is 0. The van der Waals surface area contributed by atoms with Crippen molar-refractivity contribution in [2.75, 3.05) is 7.11 Å². The fourth-order valence-electron chi connectivity index (χ4n) is 1.58. The van der Waals surface area contributed by atoms with Crippen molar-refractivity contribution < 1.29 is 9.13 Å². The van der Waals surface area contributed by atoms with Crippen LogP contribution in [0.2, 0.25) is 0 Å². The van der Waals surface area contributed by atoms with Crippen molar-refractivity contribution >= 4 is 12.4 Å². The van der Waals surface area contributed by atoms with Crippen molar-refractivity contribution in [3.8, 4) is 5.75 Å². The molecule has 2 aromatic carbocycles. The maximum Gasteiger partial charge on any atom is 0.126 e. The van der Waals surface area contributed by atoms with E-state index in [0.717, 1.165) is 11.3 Å². The summed E-state index contributed by atoms with van der Waals surface area (Å²) in [5, 5.41) is 7.82. The molecule has 2 rings (SSSR count). The first-order valence-electron chi connectivity index (χ1n) is 6.15. The molecule has 0 heterocycles. The second-order valence-electron chi connectivity index (χ2n) is 4.27. The summed E-state index contributed by atoms with van der Waals surface area (Å²) in [4.78, 5) is 0. The highest BCUT2D eigenvalue weighted by Crippen LogP contribution is 2.10. The van der Waals surface area contributed by atoms with E-state index in [0.29, 0.717) is 11.1 Å². The number of aryl methyl sites for hydroxylation is 1. The summed E-state index contributed by atoms with van der Waals surface area (Å²) < 4.78 is 18.4. The second-order valence-corrected chi connectivity index (χ2v) is 4.27. The zero-order valence-corrected chi connectivity index (χ0v) is 11.4. The lowest BCUT2D eigenvalue weighted by Gasteiger charge is -1.98. The highest BCUT2D eigenvalue weighted by atomic mass is 19.1. The summed E-state index contributed by atoms with van der Waals surface area (Å²) >= 11 is 0. The van der Waals surface area contributed by atoms with Crippen molar-refractivity contribution in [1.29, 1.82) is 0 Å². The first-order valence-corrected chi connectivity index (χ1v) is 6.15. The Kier molecular flexibility index (Phi) is 4.60. The Morgan fingerprint density at radius 1 is 0.950 bits per heavy atom. The SMILES string of the molecule is COc1ccc(/C=N/N=C/c2ccc(C)c(F)c2)cc1. The van der Waals surface area contributed by atoms with Crippen LogP contribution in [0.25, 0.3) is 0 Å². The van der Waals surface area contributed by atoms with Gasteiger partial charge >= 0.3 is 0 Å². The van der Waals surface area contributed by atoms with Gasteiger partial charge in [0.15, 0.2) is 0 Å². The topological polar surface area (TPSA) is 34.0 Å². The molecule has 0 saturated carbocycles. The van der Waals surface area contributed by atoms with Gasteiger partial charge in [-0.1, -0.05) is 12.1 Å². The van der Waals surface area contributed by atoms with Crippen molar-refractivity contribution in [3.05, 3.63) is 65.0 Å². The van der Waals surface area contributed by atoms with Gasteiger partial charge < -0.3 is 4.74 Å². The van der Waals surface area contributed by atoms with Crippen LogP contribution in [-0.4, -0.2) is 19.5 Å². The van der Waals surface area contributed by atoms with Gasteiger partial charge in [-0.3, -0.25) is 0 Å². The fraction of sp³-hybridized carbons (Fsp3) is 0.125. The van der Waals surface area contributed by atoms with Crippen LogP contribution in [0.5, 0.6) is 5.75 Å². The summed E-state index contributed by atoms with van der Waals surface area (Å²) in [6.07, 6.45) is 3.14. The predicted molar refractivity (Wildman–Crippen MR) is 79.3 cm³/mol. The fourth-order valence-corrected chi connectivity index (χ4v) is 1.58. The molecule has 0 radical (unpaired) electrons. The third-order valence-corrected chi connectivity index (χ3v) is 2.79. The maximum atomic E-state index is 13.3. The van der Waals surface area contributed by atoms with Gasteiger partial charge in [-0.05, 0) is 53.9 Å². The number of hydrogen-bond acceptors (Lipinski definition) is 3. The Morgan fingerprint density at radius 2 is 1.55 bits per heavy atom. The average molecular weight is 270 g/mol. The van der Waals surface area contributed by atoms with E-state index in [4.69, 9.17) is 4.74 Å². The van der Waals surface area contributed by atoms with Crippen LogP contribution < -0.4 is 4.74 Å². The van der Waals surface area contributed by atoms with Crippen molar-refractivity contribution in [2.45, 2.75) is 6.92 Å². The van der Waals surface area contributed by atoms with Gasteiger partial charge in [0.25, 0.3) is 0 Å². The van der Waals surface area contributed by atoms with Gasteiger partial charge in [-0.2, -0.15) is 10.2 Å². The van der Waals surface area contributed by atoms with E-state index in [-0.39, 0.29) is 5.82 Å². The quantitative estimate of drug-likeness (QED) is 0.617. The summed E-state index contributed by atoms with van der Waals surface area (Å²) in [6, 6.07) is 12.4. The molecule has 0 atom stereocenters. The summed E-state index contributed by atoms with van der Waals surface area (Å²) in [7, 11) is 1.62. The van der Waals surface area contributed by atoms with Crippen molar-refractivity contribution in [3.63, 3.8) is 0 Å². The zero-order valence-electron chi connectivity index (χ0n) is 11.4. The van der Waals surface area contributed by atoms with E-state index >= 15 is 0 Å². The smallest absolute Gasteiger partial charge is 0.126 e. The monoisotopic (exact) mass is 270 g/mol. The van der Waals surface area contributed by atoms with Gasteiger partial charge in [-0.25, -0.2) is 4.39 Å². The zero-order chi connectivity index (χ0) is 14.4. The van der Waals surface area contributed by atoms with E-state index in [2.05, 4.69) is 10.2 Å². The van der Waals surface area contributed by atoms with Gasteiger partial charge in [0.05, 0.1) is 19.5 Å². The minimum Gasteiger partial charge on any atom is -0.497 e. The lowest BCUT2D eigenvalue weighted by atomic mass is 10.1. The van der Waals surface area contributed by atoms with Crippen LogP contribution in [-0.2, 0) is 0 Å². The van der Waals surface area contributed by atoms with Crippen molar-refractivity contribution in [1.82, 2.24) is 0 Å². The first kappa shape index (κ1) is 13.9. The van der Waals surface area contributed by atoms with Crippen LogP contribution in [0.15, 0.2) is 52.7 Å². The second kappa shape index (κ2) is 6.61. The molecule has 20 heavy (non-hydrogen) atoms. The van der Waals surface area contributed by atoms with E-state index in [1.807, 2.05) is 24.3 Å². The van der Waals surface area contributed by atoms with Gasteiger partial charge in [0.2, 0.25) is 0 Å². The number of rotatable bonds is 4. The highest BCUT2D eigenvalue weighted by molar-refractivity contribution is 5.82. The van der Waals surface area contributed by atoms with Crippen LogP contribution in [0, 0.1) is 12.7 Å². The number of halogens is 1. The van der Waals surface area contributed by atoms with Crippen LogP contribution in [0.3, 0.4) is 0 Å². The Morgan fingerprint density at radius 3 is 2.15 bits per heavy atom. The van der Waals surface area contributed by atoms with Crippen LogP contribution >= 0.6 is 0 Å². The molecule has 0 spiro atoms. The Bertz CT molecular complexity index is 633. The van der Waals surface area contributed by atoms with E-state index < -0.39 is 0 Å². The molecule has 0 aromatic heterocycles. The third kappa shape index (κ3) is 3.75. The molecule has 0 amide bonds. The standard InChI is InChI=1S/C16H15FN2O/c1-12-3-4-14(9-16(12)17)11-19-18-10-13-5-7-15(20-2)8-6-13/h3-11H,1-2H3/b18-10+,19-11+. The van der Waals surface area contributed by atoms with E-state index in [9.17, 15) is 4.39 Å². The molecule has 0 aliphatic rings.